The lowest BCUT2D eigenvalue weighted by atomic mass is 10.0. The zero-order chi connectivity index (χ0) is 15.5. The Morgan fingerprint density at radius 2 is 1.95 bits per heavy atom. The van der Waals surface area contributed by atoms with E-state index in [0.717, 1.165) is 5.69 Å². The maximum Gasteiger partial charge on any atom is 0.417 e. The average Bonchev–Trinajstić information content (AvgIpc) is 2.40. The van der Waals surface area contributed by atoms with Gasteiger partial charge in [0.2, 0.25) is 6.41 Å². The minimum Gasteiger partial charge on any atom is -0.473 e. The van der Waals surface area contributed by atoms with Crippen molar-refractivity contribution < 1.29 is 24.2 Å². The number of ether oxygens (including phenoxy) is 1. The van der Waals surface area contributed by atoms with Crippen LogP contribution in [0.2, 0.25) is 0 Å². The van der Waals surface area contributed by atoms with Crippen LogP contribution in [0.15, 0.2) is 24.3 Å². The number of carboxylic acids is 1. The van der Waals surface area contributed by atoms with Gasteiger partial charge in [-0.15, -0.1) is 0 Å². The number of hydrogen-bond acceptors (Lipinski definition) is 4. The second kappa shape index (κ2) is 9.55. The lowest BCUT2D eigenvalue weighted by Gasteiger charge is -2.10. The van der Waals surface area contributed by atoms with Crippen LogP contribution in [0, 0.1) is 0 Å². The maximum atomic E-state index is 10.2. The molecule has 0 fully saturated rings. The van der Waals surface area contributed by atoms with Gasteiger partial charge >= 0.3 is 11.9 Å². The molecule has 0 atom stereocenters. The van der Waals surface area contributed by atoms with E-state index in [1.165, 1.54) is 5.56 Å². The van der Waals surface area contributed by atoms with Gasteiger partial charge in [0, 0.05) is 5.69 Å². The Labute approximate surface area is 117 Å². The Morgan fingerprint density at radius 1 is 1.35 bits per heavy atom. The predicted molar refractivity (Wildman–Crippen MR) is 74.5 cm³/mol. The standard InChI is InChI=1S/C10H13NO.C4H6O4/c1-8(2)9-5-3-4-6-10(9)11-7-12;1-2-8-4(7)3(5)6/h3-8H,1-2H3,(H,11,12);2H2,1H3,(H,5,6). The maximum absolute atomic E-state index is 10.2. The highest BCUT2D eigenvalue weighted by molar-refractivity contribution is 6.28. The minimum atomic E-state index is -1.55. The second-order valence-corrected chi connectivity index (χ2v) is 4.03. The number of benzene rings is 1. The molecule has 1 aromatic rings. The molecule has 0 aliphatic carbocycles. The van der Waals surface area contributed by atoms with Crippen molar-refractivity contribution in [3.05, 3.63) is 29.8 Å². The van der Waals surface area contributed by atoms with Crippen LogP contribution in [0.5, 0.6) is 0 Å². The third-order valence-corrected chi connectivity index (χ3v) is 2.25. The number of anilines is 1. The van der Waals surface area contributed by atoms with Crippen LogP contribution in [0.3, 0.4) is 0 Å². The number of carbonyl (C=O) groups excluding carboxylic acids is 2. The van der Waals surface area contributed by atoms with E-state index in [1.54, 1.807) is 6.92 Å². The number of rotatable bonds is 4. The zero-order valence-electron chi connectivity index (χ0n) is 11.8. The Balaban J connectivity index is 0.000000396. The summed E-state index contributed by atoms with van der Waals surface area (Å²) in [5.41, 5.74) is 2.08. The van der Waals surface area contributed by atoms with Crippen LogP contribution in [0.25, 0.3) is 0 Å². The minimum absolute atomic E-state index is 0.102. The highest BCUT2D eigenvalue weighted by atomic mass is 16.6. The Hall–Kier alpha value is -2.37. The number of amides is 1. The number of carbonyl (C=O) groups is 3. The summed E-state index contributed by atoms with van der Waals surface area (Å²) in [5, 5.41) is 10.5. The van der Waals surface area contributed by atoms with E-state index in [4.69, 9.17) is 5.11 Å². The van der Waals surface area contributed by atoms with E-state index in [0.29, 0.717) is 12.3 Å². The number of hydrogen-bond donors (Lipinski definition) is 2. The summed E-state index contributed by atoms with van der Waals surface area (Å²) >= 11 is 0. The summed E-state index contributed by atoms with van der Waals surface area (Å²) in [6.07, 6.45) is 0.710. The molecule has 6 heteroatoms. The Bertz CT molecular complexity index is 457. The molecule has 1 amide bonds. The lowest BCUT2D eigenvalue weighted by Crippen LogP contribution is -2.15. The van der Waals surface area contributed by atoms with Crippen LogP contribution >= 0.6 is 0 Å². The smallest absolute Gasteiger partial charge is 0.417 e. The summed E-state index contributed by atoms with van der Waals surface area (Å²) < 4.78 is 4.06. The van der Waals surface area contributed by atoms with E-state index in [9.17, 15) is 14.4 Å². The molecule has 0 saturated heterocycles. The van der Waals surface area contributed by atoms with Gasteiger partial charge in [-0.25, -0.2) is 9.59 Å². The molecular weight excluding hydrogens is 262 g/mol. The van der Waals surface area contributed by atoms with Crippen molar-refractivity contribution in [1.29, 1.82) is 0 Å². The predicted octanol–water partition coefficient (Wildman–Crippen LogP) is 2.01. The molecule has 0 spiro atoms. The van der Waals surface area contributed by atoms with E-state index in [1.807, 2.05) is 24.3 Å². The summed E-state index contributed by atoms with van der Waals surface area (Å²) in [6, 6.07) is 7.82. The first-order valence-corrected chi connectivity index (χ1v) is 6.13. The molecule has 0 aromatic heterocycles. The van der Waals surface area contributed by atoms with Gasteiger partial charge in [-0.1, -0.05) is 32.0 Å². The molecule has 1 rings (SSSR count). The molecule has 0 aliphatic rings. The normalized spacial score (nSPS) is 9.20. The van der Waals surface area contributed by atoms with Gasteiger partial charge in [0.05, 0.1) is 6.61 Å². The molecule has 1 aromatic carbocycles. The molecule has 0 radical (unpaired) electrons. The first-order chi connectivity index (χ1) is 9.43. The van der Waals surface area contributed by atoms with Crippen molar-refractivity contribution in [3.63, 3.8) is 0 Å². The number of esters is 1. The Kier molecular flexibility index (Phi) is 8.41. The molecule has 2 N–H and O–H groups in total. The van der Waals surface area contributed by atoms with Gasteiger partial charge in [-0.05, 0) is 24.5 Å². The van der Waals surface area contributed by atoms with Gasteiger partial charge in [-0.3, -0.25) is 4.79 Å². The number of nitrogens with one attached hydrogen (secondary N) is 1. The van der Waals surface area contributed by atoms with Gasteiger partial charge in [0.15, 0.2) is 0 Å². The van der Waals surface area contributed by atoms with E-state index in [-0.39, 0.29) is 6.61 Å². The molecule has 110 valence electrons. The number of carboxylic acid groups (broad SMARTS) is 1. The van der Waals surface area contributed by atoms with Gasteiger partial charge < -0.3 is 15.2 Å². The summed E-state index contributed by atoms with van der Waals surface area (Å²) in [4.78, 5) is 29.8. The SMILES string of the molecule is CC(C)c1ccccc1NC=O.CCOC(=O)C(=O)O. The van der Waals surface area contributed by atoms with Gasteiger partial charge in [0.1, 0.15) is 0 Å². The first-order valence-electron chi connectivity index (χ1n) is 6.13. The van der Waals surface area contributed by atoms with Crippen LogP contribution in [0.4, 0.5) is 5.69 Å². The highest BCUT2D eigenvalue weighted by Crippen LogP contribution is 2.22. The highest BCUT2D eigenvalue weighted by Gasteiger charge is 2.10. The summed E-state index contributed by atoms with van der Waals surface area (Å²) in [7, 11) is 0. The van der Waals surface area contributed by atoms with E-state index < -0.39 is 11.9 Å². The summed E-state index contributed by atoms with van der Waals surface area (Å²) in [5.74, 6) is -2.31. The van der Waals surface area contributed by atoms with E-state index in [2.05, 4.69) is 23.9 Å². The van der Waals surface area contributed by atoms with Crippen molar-refractivity contribution in [1.82, 2.24) is 0 Å². The third-order valence-electron chi connectivity index (χ3n) is 2.25. The topological polar surface area (TPSA) is 92.7 Å². The van der Waals surface area contributed by atoms with E-state index >= 15 is 0 Å². The molecular formula is C14H19NO5. The Morgan fingerprint density at radius 3 is 2.35 bits per heavy atom. The van der Waals surface area contributed by atoms with Crippen molar-refractivity contribution in [2.24, 2.45) is 0 Å². The van der Waals surface area contributed by atoms with Gasteiger partial charge in [0.25, 0.3) is 0 Å². The third kappa shape index (κ3) is 6.53. The van der Waals surface area contributed by atoms with Crippen molar-refractivity contribution in [3.8, 4) is 0 Å². The summed E-state index contributed by atoms with van der Waals surface area (Å²) in [6.45, 7) is 5.85. The number of para-hydroxylation sites is 1. The van der Waals surface area contributed by atoms with Crippen LogP contribution in [-0.2, 0) is 19.1 Å². The second-order valence-electron chi connectivity index (χ2n) is 4.03. The molecule has 0 heterocycles. The molecule has 0 saturated carbocycles. The first kappa shape index (κ1) is 17.6. The molecule has 0 bridgehead atoms. The molecule has 0 aliphatic heterocycles. The quantitative estimate of drug-likeness (QED) is 0.500. The van der Waals surface area contributed by atoms with Crippen LogP contribution < -0.4 is 5.32 Å². The van der Waals surface area contributed by atoms with Crippen LogP contribution in [0.1, 0.15) is 32.3 Å². The van der Waals surface area contributed by atoms with Crippen molar-refractivity contribution in [2.75, 3.05) is 11.9 Å². The monoisotopic (exact) mass is 281 g/mol. The number of aliphatic carboxylic acids is 1. The van der Waals surface area contributed by atoms with Crippen molar-refractivity contribution >= 4 is 24.0 Å². The zero-order valence-corrected chi connectivity index (χ0v) is 11.8. The van der Waals surface area contributed by atoms with Crippen molar-refractivity contribution in [2.45, 2.75) is 26.7 Å². The lowest BCUT2D eigenvalue weighted by molar-refractivity contribution is -0.163. The largest absolute Gasteiger partial charge is 0.473 e. The van der Waals surface area contributed by atoms with Gasteiger partial charge in [-0.2, -0.15) is 0 Å². The van der Waals surface area contributed by atoms with Crippen LogP contribution in [-0.4, -0.2) is 30.1 Å². The fourth-order valence-corrected chi connectivity index (χ4v) is 1.39. The fraction of sp³-hybridized carbons (Fsp3) is 0.357. The molecule has 0 unspecified atom stereocenters. The fourth-order valence-electron chi connectivity index (χ4n) is 1.39. The molecule has 6 nitrogen and oxygen atoms in total. The molecule has 20 heavy (non-hydrogen) atoms. The average molecular weight is 281 g/mol.